The van der Waals surface area contributed by atoms with Gasteiger partial charge in [-0.25, -0.2) is 5.01 Å². The zero-order valence-corrected chi connectivity index (χ0v) is 15.8. The molecule has 0 aromatic heterocycles. The summed E-state index contributed by atoms with van der Waals surface area (Å²) in [4.78, 5) is 25.2. The summed E-state index contributed by atoms with van der Waals surface area (Å²) in [7, 11) is 1.55. The van der Waals surface area contributed by atoms with Crippen molar-refractivity contribution in [3.05, 3.63) is 59.7 Å². The van der Waals surface area contributed by atoms with Crippen LogP contribution in [-0.2, 0) is 9.59 Å². The highest BCUT2D eigenvalue weighted by atomic mass is 16.5. The average Bonchev–Trinajstić information content (AvgIpc) is 2.91. The number of anilines is 1. The second-order valence-corrected chi connectivity index (χ2v) is 7.07. The number of benzene rings is 2. The van der Waals surface area contributed by atoms with Crippen LogP contribution in [0.5, 0.6) is 11.5 Å². The van der Waals surface area contributed by atoms with E-state index in [4.69, 9.17) is 9.47 Å². The number of methoxy groups -OCH3 is 1. The van der Waals surface area contributed by atoms with Crippen molar-refractivity contribution in [3.8, 4) is 11.5 Å². The van der Waals surface area contributed by atoms with Crippen LogP contribution in [0.4, 0.5) is 5.69 Å². The Hall–Kier alpha value is -3.28. The van der Waals surface area contributed by atoms with Crippen molar-refractivity contribution >= 4 is 23.6 Å². The number of hydrazine groups is 1. The zero-order valence-electron chi connectivity index (χ0n) is 15.8. The first-order valence-corrected chi connectivity index (χ1v) is 8.58. The molecular formula is C21H22N2O4. The number of hydrogen-bond donors (Lipinski definition) is 1. The van der Waals surface area contributed by atoms with Gasteiger partial charge >= 0.3 is 0 Å². The third kappa shape index (κ3) is 3.95. The van der Waals surface area contributed by atoms with E-state index in [0.29, 0.717) is 22.7 Å². The van der Waals surface area contributed by atoms with Crippen molar-refractivity contribution < 1.29 is 19.1 Å². The van der Waals surface area contributed by atoms with E-state index in [2.05, 4.69) is 5.43 Å². The molecule has 0 bridgehead atoms. The fraction of sp³-hybridized carbons (Fsp3) is 0.238. The molecule has 0 radical (unpaired) electrons. The molecule has 27 heavy (non-hydrogen) atoms. The Balaban J connectivity index is 2.01. The number of ether oxygens (including phenoxy) is 2. The highest BCUT2D eigenvalue weighted by Crippen LogP contribution is 2.36. The Bertz CT molecular complexity index is 898. The number of nitrogens with one attached hydrogen (secondary N) is 1. The summed E-state index contributed by atoms with van der Waals surface area (Å²) in [6, 6.07) is 14.3. The molecule has 0 atom stereocenters. The molecule has 1 aliphatic heterocycles. The average molecular weight is 366 g/mol. The van der Waals surface area contributed by atoms with Gasteiger partial charge < -0.3 is 9.47 Å². The van der Waals surface area contributed by atoms with Crippen LogP contribution >= 0.6 is 0 Å². The van der Waals surface area contributed by atoms with E-state index in [-0.39, 0.29) is 5.57 Å². The molecule has 1 heterocycles. The molecule has 140 valence electrons. The van der Waals surface area contributed by atoms with Gasteiger partial charge in [-0.2, -0.15) is 0 Å². The summed E-state index contributed by atoms with van der Waals surface area (Å²) in [5.41, 5.74) is 3.34. The molecule has 3 rings (SSSR count). The Morgan fingerprint density at radius 1 is 1.00 bits per heavy atom. The van der Waals surface area contributed by atoms with E-state index in [0.717, 1.165) is 0 Å². The van der Waals surface area contributed by atoms with Gasteiger partial charge in [0.15, 0.2) is 11.5 Å². The number of nitrogens with zero attached hydrogens (tertiary/aromatic N) is 1. The fourth-order valence-electron chi connectivity index (χ4n) is 2.69. The molecule has 6 heteroatoms. The summed E-state index contributed by atoms with van der Waals surface area (Å²) in [5.74, 6) is 0.132. The van der Waals surface area contributed by atoms with Gasteiger partial charge in [0.2, 0.25) is 0 Å². The zero-order chi connectivity index (χ0) is 19.6. The summed E-state index contributed by atoms with van der Waals surface area (Å²) in [5, 5.41) is 1.23. The maximum absolute atomic E-state index is 12.8. The Labute approximate surface area is 158 Å². The molecule has 6 nitrogen and oxygen atoms in total. The predicted octanol–water partition coefficient (Wildman–Crippen LogP) is 3.33. The molecule has 0 aliphatic carbocycles. The molecule has 1 N–H and O–H groups in total. The van der Waals surface area contributed by atoms with Gasteiger partial charge in [0.05, 0.1) is 12.8 Å². The van der Waals surface area contributed by atoms with Gasteiger partial charge in [-0.05, 0) is 45.0 Å². The summed E-state index contributed by atoms with van der Waals surface area (Å²) in [6.07, 6.45) is 1.53. The molecule has 1 aliphatic rings. The number of carbonyl (C=O) groups is 2. The molecule has 1 fully saturated rings. The van der Waals surface area contributed by atoms with Gasteiger partial charge in [-0.15, -0.1) is 0 Å². The van der Waals surface area contributed by atoms with Crippen molar-refractivity contribution in [1.29, 1.82) is 0 Å². The molecule has 2 aromatic carbocycles. The van der Waals surface area contributed by atoms with E-state index in [1.165, 1.54) is 11.1 Å². The maximum Gasteiger partial charge on any atom is 0.282 e. The van der Waals surface area contributed by atoms with Gasteiger partial charge in [0, 0.05) is 5.56 Å². The minimum atomic E-state index is -0.472. The molecule has 0 spiro atoms. The minimum absolute atomic E-state index is 0.0332. The number of hydrogen-bond acceptors (Lipinski definition) is 4. The lowest BCUT2D eigenvalue weighted by atomic mass is 10.1. The Morgan fingerprint density at radius 2 is 1.70 bits per heavy atom. The van der Waals surface area contributed by atoms with Crippen LogP contribution in [0, 0.1) is 0 Å². The summed E-state index contributed by atoms with van der Waals surface area (Å²) < 4.78 is 11.4. The summed E-state index contributed by atoms with van der Waals surface area (Å²) >= 11 is 0. The van der Waals surface area contributed by atoms with Crippen LogP contribution in [0.1, 0.15) is 26.3 Å². The largest absolute Gasteiger partial charge is 0.493 e. The van der Waals surface area contributed by atoms with Gasteiger partial charge in [-0.3, -0.25) is 15.0 Å². The van der Waals surface area contributed by atoms with Crippen LogP contribution in [0.2, 0.25) is 0 Å². The van der Waals surface area contributed by atoms with E-state index < -0.39 is 17.4 Å². The highest BCUT2D eigenvalue weighted by molar-refractivity contribution is 6.31. The first-order chi connectivity index (χ1) is 12.8. The molecule has 2 amide bonds. The lowest BCUT2D eigenvalue weighted by molar-refractivity contribution is -0.117. The normalized spacial score (nSPS) is 15.9. The first-order valence-electron chi connectivity index (χ1n) is 8.58. The van der Waals surface area contributed by atoms with E-state index >= 15 is 0 Å². The first kappa shape index (κ1) is 18.5. The number of carbonyl (C=O) groups excluding carboxylic acids is 2. The van der Waals surface area contributed by atoms with Crippen molar-refractivity contribution in [1.82, 2.24) is 5.43 Å². The third-order valence-corrected chi connectivity index (χ3v) is 3.84. The second-order valence-electron chi connectivity index (χ2n) is 7.07. The van der Waals surface area contributed by atoms with E-state index in [9.17, 15) is 9.59 Å². The van der Waals surface area contributed by atoms with Crippen LogP contribution in [0.15, 0.2) is 54.1 Å². The second kappa shape index (κ2) is 7.15. The monoisotopic (exact) mass is 366 g/mol. The van der Waals surface area contributed by atoms with Crippen LogP contribution in [0.25, 0.3) is 6.08 Å². The molecular weight excluding hydrogens is 344 g/mol. The van der Waals surface area contributed by atoms with Crippen molar-refractivity contribution in [2.24, 2.45) is 0 Å². The Kier molecular flexibility index (Phi) is 4.90. The number of rotatable bonds is 4. The maximum atomic E-state index is 12.8. The van der Waals surface area contributed by atoms with Crippen molar-refractivity contribution in [3.63, 3.8) is 0 Å². The summed E-state index contributed by atoms with van der Waals surface area (Å²) in [6.45, 7) is 5.75. The van der Waals surface area contributed by atoms with E-state index in [1.54, 1.807) is 49.6 Å². The van der Waals surface area contributed by atoms with Crippen molar-refractivity contribution in [2.45, 2.75) is 26.4 Å². The quantitative estimate of drug-likeness (QED) is 0.666. The van der Waals surface area contributed by atoms with Gasteiger partial charge in [0.25, 0.3) is 11.8 Å². The van der Waals surface area contributed by atoms with Crippen LogP contribution in [0.3, 0.4) is 0 Å². The van der Waals surface area contributed by atoms with Crippen molar-refractivity contribution in [2.75, 3.05) is 12.1 Å². The lowest BCUT2D eigenvalue weighted by Gasteiger charge is -2.24. The SMILES string of the molecule is COc1cccc(/C=C2\C(=O)NN(c3ccccc3)C2=O)c1OC(C)(C)C. The highest BCUT2D eigenvalue weighted by Gasteiger charge is 2.34. The minimum Gasteiger partial charge on any atom is -0.493 e. The molecule has 2 aromatic rings. The number of amides is 2. The smallest absolute Gasteiger partial charge is 0.282 e. The molecule has 0 saturated carbocycles. The molecule has 1 saturated heterocycles. The fourth-order valence-corrected chi connectivity index (χ4v) is 2.69. The topological polar surface area (TPSA) is 67.9 Å². The standard InChI is InChI=1S/C21H22N2O4/c1-21(2,3)27-18-14(9-8-12-17(18)26-4)13-16-19(24)22-23(20(16)25)15-10-6-5-7-11-15/h5-13H,1-4H3,(H,22,24)/b16-13+. The number of para-hydroxylation sites is 2. The third-order valence-electron chi connectivity index (χ3n) is 3.84. The van der Waals surface area contributed by atoms with Gasteiger partial charge in [0.1, 0.15) is 11.2 Å². The molecule has 0 unspecified atom stereocenters. The Morgan fingerprint density at radius 3 is 2.33 bits per heavy atom. The van der Waals surface area contributed by atoms with Gasteiger partial charge in [-0.1, -0.05) is 30.3 Å². The predicted molar refractivity (Wildman–Crippen MR) is 103 cm³/mol. The van der Waals surface area contributed by atoms with E-state index in [1.807, 2.05) is 26.8 Å². The van der Waals surface area contributed by atoms with Crippen LogP contribution in [-0.4, -0.2) is 24.5 Å². The van der Waals surface area contributed by atoms with Crippen LogP contribution < -0.4 is 19.9 Å². The lowest BCUT2D eigenvalue weighted by Crippen LogP contribution is -2.35.